The van der Waals surface area contributed by atoms with Crippen LogP contribution in [0, 0.1) is 5.92 Å². The number of benzene rings is 1. The maximum absolute atomic E-state index is 12.6. The van der Waals surface area contributed by atoms with Crippen molar-refractivity contribution in [1.29, 1.82) is 0 Å². The number of hydrogen-bond donors (Lipinski definition) is 2. The van der Waals surface area contributed by atoms with Gasteiger partial charge >= 0.3 is 0 Å². The minimum Gasteiger partial charge on any atom is -0.396 e. The van der Waals surface area contributed by atoms with Gasteiger partial charge in [-0.2, -0.15) is 4.98 Å². The smallest absolute Gasteiger partial charge is 0.251 e. The number of aliphatic hydroxyl groups is 1. The Hall–Kier alpha value is -3.06. The maximum atomic E-state index is 12.6. The average molecular weight is 378 g/mol. The van der Waals surface area contributed by atoms with Gasteiger partial charge in [0.25, 0.3) is 5.91 Å². The lowest BCUT2D eigenvalue weighted by atomic mass is 10.0. The van der Waals surface area contributed by atoms with Gasteiger partial charge in [0.1, 0.15) is 0 Å². The van der Waals surface area contributed by atoms with Crippen molar-refractivity contribution in [3.63, 3.8) is 0 Å². The number of nitrogens with one attached hydrogen (secondary N) is 1. The molecule has 3 aromatic rings. The highest BCUT2D eigenvalue weighted by Crippen LogP contribution is 2.39. The molecule has 1 amide bonds. The van der Waals surface area contributed by atoms with Crippen molar-refractivity contribution < 1.29 is 14.4 Å². The van der Waals surface area contributed by atoms with Crippen molar-refractivity contribution in [2.75, 3.05) is 13.2 Å². The predicted molar refractivity (Wildman–Crippen MR) is 103 cm³/mol. The van der Waals surface area contributed by atoms with Gasteiger partial charge in [0.05, 0.1) is 0 Å². The lowest BCUT2D eigenvalue weighted by Crippen LogP contribution is -2.31. The van der Waals surface area contributed by atoms with Crippen molar-refractivity contribution in [2.24, 2.45) is 5.92 Å². The molecule has 2 N–H and O–H groups in total. The normalized spacial score (nSPS) is 14.6. The summed E-state index contributed by atoms with van der Waals surface area (Å²) < 4.78 is 5.30. The summed E-state index contributed by atoms with van der Waals surface area (Å²) in [7, 11) is 0. The first-order chi connectivity index (χ1) is 13.7. The van der Waals surface area contributed by atoms with Crippen molar-refractivity contribution in [3.8, 4) is 11.4 Å². The molecule has 0 bridgehead atoms. The van der Waals surface area contributed by atoms with Gasteiger partial charge in [-0.05, 0) is 43.0 Å². The Bertz CT molecular complexity index is 938. The maximum Gasteiger partial charge on any atom is 0.251 e. The van der Waals surface area contributed by atoms with E-state index in [2.05, 4.69) is 20.4 Å². The molecule has 7 heteroatoms. The van der Waals surface area contributed by atoms with Crippen LogP contribution in [0.15, 0.2) is 53.3 Å². The third-order valence-corrected chi connectivity index (χ3v) is 4.81. The van der Waals surface area contributed by atoms with E-state index in [-0.39, 0.29) is 18.4 Å². The fourth-order valence-corrected chi connectivity index (χ4v) is 3.04. The summed E-state index contributed by atoms with van der Waals surface area (Å²) in [6.45, 7) is 0.366. The minimum absolute atomic E-state index is 0.0119. The molecule has 0 spiro atoms. The molecule has 1 aliphatic carbocycles. The van der Waals surface area contributed by atoms with E-state index in [1.165, 1.54) is 0 Å². The van der Waals surface area contributed by atoms with Gasteiger partial charge in [-0.1, -0.05) is 23.4 Å². The van der Waals surface area contributed by atoms with E-state index in [4.69, 9.17) is 4.52 Å². The molecule has 1 saturated carbocycles. The second kappa shape index (κ2) is 8.31. The number of aliphatic hydroxyl groups excluding tert-OH is 1. The number of rotatable bonds is 8. The summed E-state index contributed by atoms with van der Waals surface area (Å²) in [6.07, 6.45) is 6.32. The molecule has 144 valence electrons. The summed E-state index contributed by atoms with van der Waals surface area (Å²) >= 11 is 0. The zero-order valence-electron chi connectivity index (χ0n) is 15.4. The van der Waals surface area contributed by atoms with Crippen molar-refractivity contribution >= 4 is 5.91 Å². The molecule has 1 fully saturated rings. The van der Waals surface area contributed by atoms with Gasteiger partial charge in [-0.3, -0.25) is 9.78 Å². The zero-order valence-corrected chi connectivity index (χ0v) is 15.4. The number of amides is 1. The molecule has 1 aliphatic rings. The molecule has 1 atom stereocenters. The Morgan fingerprint density at radius 3 is 2.93 bits per heavy atom. The van der Waals surface area contributed by atoms with Crippen LogP contribution >= 0.6 is 0 Å². The summed E-state index contributed by atoms with van der Waals surface area (Å²) in [6, 6.07) is 11.0. The van der Waals surface area contributed by atoms with E-state index in [1.54, 1.807) is 30.6 Å². The van der Waals surface area contributed by atoms with E-state index in [0.29, 0.717) is 36.2 Å². The first-order valence-electron chi connectivity index (χ1n) is 9.45. The van der Waals surface area contributed by atoms with E-state index in [9.17, 15) is 9.90 Å². The van der Waals surface area contributed by atoms with Crippen LogP contribution < -0.4 is 5.32 Å². The molecule has 0 unspecified atom stereocenters. The minimum atomic E-state index is -0.197. The predicted octanol–water partition coefficient (Wildman–Crippen LogP) is 2.59. The fourth-order valence-electron chi connectivity index (χ4n) is 3.04. The lowest BCUT2D eigenvalue weighted by Gasteiger charge is -2.15. The zero-order chi connectivity index (χ0) is 19.3. The Morgan fingerprint density at radius 2 is 2.18 bits per heavy atom. The monoisotopic (exact) mass is 378 g/mol. The van der Waals surface area contributed by atoms with Gasteiger partial charge < -0.3 is 14.9 Å². The van der Waals surface area contributed by atoms with Crippen LogP contribution in [-0.4, -0.2) is 39.3 Å². The number of carbonyl (C=O) groups excluding carboxylic acids is 1. The molecule has 28 heavy (non-hydrogen) atoms. The van der Waals surface area contributed by atoms with Crippen LogP contribution in [0.4, 0.5) is 0 Å². The first-order valence-corrected chi connectivity index (χ1v) is 9.45. The quantitative estimate of drug-likeness (QED) is 0.625. The van der Waals surface area contributed by atoms with E-state index >= 15 is 0 Å². The molecule has 0 aliphatic heterocycles. The summed E-state index contributed by atoms with van der Waals surface area (Å²) in [5.74, 6) is 1.29. The van der Waals surface area contributed by atoms with Crippen LogP contribution in [-0.2, 0) is 6.42 Å². The third-order valence-electron chi connectivity index (χ3n) is 4.81. The highest BCUT2D eigenvalue weighted by Gasteiger charge is 2.29. The van der Waals surface area contributed by atoms with Gasteiger partial charge in [-0.15, -0.1) is 0 Å². The fraction of sp³-hybridized carbons (Fsp3) is 0.333. The number of nitrogens with zero attached hydrogens (tertiary/aromatic N) is 3. The van der Waals surface area contributed by atoms with Crippen LogP contribution in [0.25, 0.3) is 11.4 Å². The number of carbonyl (C=O) groups is 1. The molecule has 2 heterocycles. The largest absolute Gasteiger partial charge is 0.396 e. The number of aromatic nitrogens is 3. The molecular formula is C21H22N4O3. The average Bonchev–Trinajstić information content (AvgIpc) is 3.48. The third kappa shape index (κ3) is 4.43. The number of pyridine rings is 1. The summed E-state index contributed by atoms with van der Waals surface area (Å²) in [4.78, 5) is 21.1. The molecule has 0 radical (unpaired) electrons. The highest BCUT2D eigenvalue weighted by atomic mass is 16.5. The molecule has 7 nitrogen and oxygen atoms in total. The highest BCUT2D eigenvalue weighted by molar-refractivity contribution is 5.95. The van der Waals surface area contributed by atoms with Gasteiger partial charge in [-0.25, -0.2) is 0 Å². The van der Waals surface area contributed by atoms with Crippen LogP contribution in [0.1, 0.15) is 40.6 Å². The molecule has 4 rings (SSSR count). The van der Waals surface area contributed by atoms with Gasteiger partial charge in [0.2, 0.25) is 11.7 Å². The second-order valence-electron chi connectivity index (χ2n) is 7.14. The molecule has 1 aromatic carbocycles. The van der Waals surface area contributed by atoms with E-state index in [1.807, 2.05) is 18.2 Å². The number of hydrogen-bond acceptors (Lipinski definition) is 6. The van der Waals surface area contributed by atoms with Crippen LogP contribution in [0.3, 0.4) is 0 Å². The Kier molecular flexibility index (Phi) is 5.43. The Morgan fingerprint density at radius 1 is 1.29 bits per heavy atom. The van der Waals surface area contributed by atoms with Crippen molar-refractivity contribution in [3.05, 3.63) is 65.8 Å². The van der Waals surface area contributed by atoms with E-state index < -0.39 is 0 Å². The van der Waals surface area contributed by atoms with Crippen molar-refractivity contribution in [1.82, 2.24) is 20.4 Å². The van der Waals surface area contributed by atoms with Crippen LogP contribution in [0.2, 0.25) is 0 Å². The summed E-state index contributed by atoms with van der Waals surface area (Å²) in [5.41, 5.74) is 2.30. The van der Waals surface area contributed by atoms with Gasteiger partial charge in [0.15, 0.2) is 0 Å². The topological polar surface area (TPSA) is 101 Å². The lowest BCUT2D eigenvalue weighted by molar-refractivity contribution is 0.0940. The van der Waals surface area contributed by atoms with Gasteiger partial charge in [0, 0.05) is 48.5 Å². The molecule has 2 aromatic heterocycles. The molecule has 0 saturated heterocycles. The first kappa shape index (κ1) is 18.3. The van der Waals surface area contributed by atoms with Crippen molar-refractivity contribution in [2.45, 2.75) is 25.2 Å². The van der Waals surface area contributed by atoms with Crippen LogP contribution in [0.5, 0.6) is 0 Å². The Balaban J connectivity index is 1.38. The summed E-state index contributed by atoms with van der Waals surface area (Å²) in [5, 5.41) is 16.5. The Labute approximate surface area is 162 Å². The van der Waals surface area contributed by atoms with E-state index in [0.717, 1.165) is 24.0 Å². The SMILES string of the molecule is O=C(NC[C@H](CO)Cc1cccnc1)c1cccc(-c2noc(C3CC3)n2)c1. The standard InChI is InChI=1S/C21H22N4O3/c26-13-15(9-14-3-2-8-22-11-14)12-23-20(27)18-5-1-4-17(10-18)19-24-21(28-25-19)16-6-7-16/h1-5,8,10-11,15-16,26H,6-7,9,12-13H2,(H,23,27)/t15-/m1/s1. The second-order valence-corrected chi connectivity index (χ2v) is 7.14. The molecular weight excluding hydrogens is 356 g/mol.